The molecule has 1 aliphatic heterocycles. The summed E-state index contributed by atoms with van der Waals surface area (Å²) in [4.78, 5) is 18.5. The molecule has 1 saturated heterocycles. The molecule has 2 aromatic rings. The minimum Gasteiger partial charge on any atom is -0.381 e. The van der Waals surface area contributed by atoms with E-state index < -0.39 is 0 Å². The van der Waals surface area contributed by atoms with Crippen LogP contribution in [0.15, 0.2) is 6.07 Å². The Bertz CT molecular complexity index is 771. The molecule has 1 atom stereocenters. The van der Waals surface area contributed by atoms with Crippen LogP contribution in [-0.2, 0) is 24.0 Å². The number of nitrogens with zero attached hydrogens (tertiary/aromatic N) is 4. The Kier molecular flexibility index (Phi) is 4.61. The van der Waals surface area contributed by atoms with E-state index in [1.54, 1.807) is 0 Å². The van der Waals surface area contributed by atoms with Crippen molar-refractivity contribution in [3.8, 4) is 0 Å². The Hall–Kier alpha value is -2.08. The second kappa shape index (κ2) is 7.04. The number of anilines is 1. The normalized spacial score (nSPS) is 19.2. The summed E-state index contributed by atoms with van der Waals surface area (Å²) < 4.78 is 5.48. The molecule has 6 heteroatoms. The third kappa shape index (κ3) is 3.63. The van der Waals surface area contributed by atoms with Gasteiger partial charge in [0.25, 0.3) is 0 Å². The zero-order valence-electron chi connectivity index (χ0n) is 15.0. The molecule has 2 aliphatic rings. The van der Waals surface area contributed by atoms with Crippen molar-refractivity contribution in [3.63, 3.8) is 0 Å². The first-order valence-corrected chi connectivity index (χ1v) is 9.21. The van der Waals surface area contributed by atoms with Crippen LogP contribution in [0.25, 0.3) is 0 Å². The third-order valence-corrected chi connectivity index (χ3v) is 5.05. The van der Waals surface area contributed by atoms with Crippen molar-refractivity contribution in [2.24, 2.45) is 0 Å². The Labute approximate surface area is 148 Å². The van der Waals surface area contributed by atoms with Gasteiger partial charge in [0.15, 0.2) is 0 Å². The second-order valence-electron chi connectivity index (χ2n) is 6.97. The Morgan fingerprint density at radius 2 is 2.08 bits per heavy atom. The van der Waals surface area contributed by atoms with Crippen molar-refractivity contribution in [2.75, 3.05) is 25.1 Å². The molecule has 0 saturated carbocycles. The average molecular weight is 339 g/mol. The molecule has 2 aromatic heterocycles. The molecule has 1 N–H and O–H groups in total. The van der Waals surface area contributed by atoms with Gasteiger partial charge in [-0.05, 0) is 45.1 Å². The van der Waals surface area contributed by atoms with E-state index in [-0.39, 0.29) is 0 Å². The molecule has 0 radical (unpaired) electrons. The predicted molar refractivity (Wildman–Crippen MR) is 95.9 cm³/mol. The number of aryl methyl sites for hydroxylation is 3. The minimum absolute atomic E-state index is 0.393. The lowest BCUT2D eigenvalue weighted by Crippen LogP contribution is -2.12. The molecule has 4 rings (SSSR count). The van der Waals surface area contributed by atoms with E-state index in [1.165, 1.54) is 17.7 Å². The van der Waals surface area contributed by atoms with Gasteiger partial charge in [-0.3, -0.25) is 0 Å². The average Bonchev–Trinajstić information content (AvgIpc) is 3.26. The Morgan fingerprint density at radius 3 is 2.92 bits per heavy atom. The van der Waals surface area contributed by atoms with Gasteiger partial charge in [0, 0.05) is 42.9 Å². The highest BCUT2D eigenvalue weighted by Gasteiger charge is 2.20. The second-order valence-corrected chi connectivity index (χ2v) is 6.97. The number of rotatable bonds is 5. The summed E-state index contributed by atoms with van der Waals surface area (Å²) in [7, 11) is 0. The quantitative estimate of drug-likeness (QED) is 0.902. The van der Waals surface area contributed by atoms with Crippen molar-refractivity contribution >= 4 is 5.82 Å². The molecule has 132 valence electrons. The molecule has 0 bridgehead atoms. The fraction of sp³-hybridized carbons (Fsp3) is 0.579. The van der Waals surface area contributed by atoms with Crippen LogP contribution in [0.4, 0.5) is 5.82 Å². The summed E-state index contributed by atoms with van der Waals surface area (Å²) in [6.45, 7) is 6.41. The maximum Gasteiger partial charge on any atom is 0.130 e. The monoisotopic (exact) mass is 339 g/mol. The number of fused-ring (bicyclic) bond motifs is 1. The highest BCUT2D eigenvalue weighted by atomic mass is 16.5. The van der Waals surface area contributed by atoms with Gasteiger partial charge in [-0.15, -0.1) is 0 Å². The van der Waals surface area contributed by atoms with Crippen molar-refractivity contribution in [1.29, 1.82) is 0 Å². The van der Waals surface area contributed by atoms with Crippen LogP contribution >= 0.6 is 0 Å². The Morgan fingerprint density at radius 1 is 1.16 bits per heavy atom. The van der Waals surface area contributed by atoms with Gasteiger partial charge in [-0.1, -0.05) is 0 Å². The summed E-state index contributed by atoms with van der Waals surface area (Å²) in [5, 5.41) is 3.41. The third-order valence-electron chi connectivity index (χ3n) is 5.05. The van der Waals surface area contributed by atoms with E-state index in [0.29, 0.717) is 5.92 Å². The lowest BCUT2D eigenvalue weighted by molar-refractivity contribution is 0.193. The van der Waals surface area contributed by atoms with Crippen LogP contribution in [0.5, 0.6) is 0 Å². The number of hydrogen-bond donors (Lipinski definition) is 1. The van der Waals surface area contributed by atoms with Gasteiger partial charge in [0.05, 0.1) is 12.3 Å². The fourth-order valence-corrected chi connectivity index (χ4v) is 3.76. The van der Waals surface area contributed by atoms with Crippen molar-refractivity contribution in [3.05, 3.63) is 40.4 Å². The topological polar surface area (TPSA) is 72.8 Å². The van der Waals surface area contributed by atoms with Crippen LogP contribution in [0.2, 0.25) is 0 Å². The van der Waals surface area contributed by atoms with Crippen LogP contribution in [0.1, 0.15) is 53.1 Å². The van der Waals surface area contributed by atoms with Gasteiger partial charge in [0.1, 0.15) is 17.5 Å². The van der Waals surface area contributed by atoms with E-state index in [2.05, 4.69) is 33.3 Å². The lowest BCUT2D eigenvalue weighted by Gasteiger charge is -2.12. The smallest absolute Gasteiger partial charge is 0.130 e. The van der Waals surface area contributed by atoms with E-state index in [1.807, 2.05) is 6.92 Å². The first-order chi connectivity index (χ1) is 12.2. The summed E-state index contributed by atoms with van der Waals surface area (Å²) in [6.07, 6.45) is 5.28. The largest absolute Gasteiger partial charge is 0.381 e. The summed E-state index contributed by atoms with van der Waals surface area (Å²) in [5.74, 6) is 3.01. The number of ether oxygens (including phenoxy) is 1. The van der Waals surface area contributed by atoms with E-state index in [4.69, 9.17) is 9.72 Å². The molecule has 0 amide bonds. The lowest BCUT2D eigenvalue weighted by atomic mass is 10.0. The summed E-state index contributed by atoms with van der Waals surface area (Å²) >= 11 is 0. The molecule has 6 nitrogen and oxygen atoms in total. The van der Waals surface area contributed by atoms with Crippen LogP contribution < -0.4 is 5.32 Å². The van der Waals surface area contributed by atoms with Crippen molar-refractivity contribution < 1.29 is 4.74 Å². The van der Waals surface area contributed by atoms with Gasteiger partial charge in [-0.2, -0.15) is 0 Å². The van der Waals surface area contributed by atoms with E-state index >= 15 is 0 Å². The molecule has 1 fully saturated rings. The molecule has 0 aromatic carbocycles. The molecule has 0 spiro atoms. The SMILES string of the molecule is Cc1nc(NCCc2nc(C)c3c(n2)CCC3)cc(C2CCOC2)n1. The molecular formula is C19H25N5O. The van der Waals surface area contributed by atoms with Crippen molar-refractivity contribution in [1.82, 2.24) is 19.9 Å². The fourth-order valence-electron chi connectivity index (χ4n) is 3.76. The summed E-state index contributed by atoms with van der Waals surface area (Å²) in [6, 6.07) is 2.06. The van der Waals surface area contributed by atoms with Crippen LogP contribution in [0, 0.1) is 13.8 Å². The molecule has 1 aliphatic carbocycles. The van der Waals surface area contributed by atoms with Crippen molar-refractivity contribution in [2.45, 2.75) is 51.9 Å². The number of hydrogen-bond acceptors (Lipinski definition) is 6. The minimum atomic E-state index is 0.393. The molecule has 1 unspecified atom stereocenters. The molecule has 25 heavy (non-hydrogen) atoms. The summed E-state index contributed by atoms with van der Waals surface area (Å²) in [5.41, 5.74) is 4.85. The molecular weight excluding hydrogens is 314 g/mol. The zero-order chi connectivity index (χ0) is 17.2. The maximum absolute atomic E-state index is 5.48. The van der Waals surface area contributed by atoms with E-state index in [0.717, 1.165) is 74.3 Å². The predicted octanol–water partition coefficient (Wildman–Crippen LogP) is 2.53. The van der Waals surface area contributed by atoms with Gasteiger partial charge in [-0.25, -0.2) is 19.9 Å². The number of aromatic nitrogens is 4. The first-order valence-electron chi connectivity index (χ1n) is 9.21. The molecule has 3 heterocycles. The van der Waals surface area contributed by atoms with Crippen LogP contribution in [-0.4, -0.2) is 39.7 Å². The Balaban J connectivity index is 1.41. The van der Waals surface area contributed by atoms with Gasteiger partial charge < -0.3 is 10.1 Å². The number of nitrogens with one attached hydrogen (secondary N) is 1. The van der Waals surface area contributed by atoms with Crippen LogP contribution in [0.3, 0.4) is 0 Å². The standard InChI is InChI=1S/C19H25N5O/c1-12-15-4-3-5-16(15)24-18(21-12)6-8-20-19-10-17(22-13(2)23-19)14-7-9-25-11-14/h10,14H,3-9,11H2,1-2H3,(H,20,22,23). The zero-order valence-corrected chi connectivity index (χ0v) is 15.0. The van der Waals surface area contributed by atoms with E-state index in [9.17, 15) is 0 Å². The first kappa shape index (κ1) is 16.4. The highest BCUT2D eigenvalue weighted by molar-refractivity contribution is 5.37. The maximum atomic E-state index is 5.48. The van der Waals surface area contributed by atoms with Gasteiger partial charge in [0.2, 0.25) is 0 Å². The van der Waals surface area contributed by atoms with Gasteiger partial charge >= 0.3 is 0 Å². The highest BCUT2D eigenvalue weighted by Crippen LogP contribution is 2.25.